The minimum Gasteiger partial charge on any atom is -0.491 e. The predicted molar refractivity (Wildman–Crippen MR) is 103 cm³/mol. The molecule has 2 rings (SSSR count). The van der Waals surface area contributed by atoms with Gasteiger partial charge >= 0.3 is 0 Å². The zero-order valence-electron chi connectivity index (χ0n) is 15.0. The molecule has 0 N–H and O–H groups in total. The van der Waals surface area contributed by atoms with Crippen LogP contribution >= 0.6 is 11.8 Å². The summed E-state index contributed by atoms with van der Waals surface area (Å²) in [5.41, 5.74) is 1.10. The Morgan fingerprint density at radius 3 is 2.50 bits per heavy atom. The molecule has 0 aliphatic heterocycles. The van der Waals surface area contributed by atoms with Crippen molar-refractivity contribution in [2.75, 3.05) is 20.2 Å². The van der Waals surface area contributed by atoms with Gasteiger partial charge in [0, 0.05) is 24.1 Å². The summed E-state index contributed by atoms with van der Waals surface area (Å²) in [6.07, 6.45) is 0. The third-order valence-corrected chi connectivity index (χ3v) is 4.96. The Hall–Kier alpha value is -2.54. The highest BCUT2D eigenvalue weighted by Gasteiger charge is 2.19. The number of nitrogens with zero attached hydrogens (tertiary/aromatic N) is 2. The fraction of sp³-hybridized carbons (Fsp3) is 0.316. The van der Waals surface area contributed by atoms with Gasteiger partial charge in [-0.1, -0.05) is 18.2 Å². The normalized spacial score (nSPS) is 11.7. The maximum atomic E-state index is 12.5. The molecule has 0 aliphatic rings. The molecule has 2 aromatic carbocycles. The highest BCUT2D eigenvalue weighted by atomic mass is 32.2. The van der Waals surface area contributed by atoms with Crippen LogP contribution in [0.4, 0.5) is 5.69 Å². The number of amides is 1. The molecule has 0 heterocycles. The molecule has 1 unspecified atom stereocenters. The number of carbonyl (C=O) groups excluding carboxylic acids is 1. The van der Waals surface area contributed by atoms with Gasteiger partial charge in [0.25, 0.3) is 5.69 Å². The molecule has 0 radical (unpaired) electrons. The largest absolute Gasteiger partial charge is 0.491 e. The lowest BCUT2D eigenvalue weighted by Gasteiger charge is -2.21. The van der Waals surface area contributed by atoms with Crippen molar-refractivity contribution in [2.45, 2.75) is 24.0 Å². The molecule has 0 saturated carbocycles. The van der Waals surface area contributed by atoms with Gasteiger partial charge in [-0.3, -0.25) is 14.9 Å². The van der Waals surface area contributed by atoms with Gasteiger partial charge in [-0.25, -0.2) is 0 Å². The van der Waals surface area contributed by atoms with Crippen LogP contribution in [0.1, 0.15) is 12.5 Å². The van der Waals surface area contributed by atoms with Gasteiger partial charge in [-0.15, -0.1) is 11.8 Å². The number of non-ortho nitro benzene ring substituents is 1. The van der Waals surface area contributed by atoms with Crippen LogP contribution in [0, 0.1) is 17.0 Å². The maximum absolute atomic E-state index is 12.5. The quantitative estimate of drug-likeness (QED) is 0.398. The molecule has 26 heavy (non-hydrogen) atoms. The number of thioether (sulfide) groups is 1. The first-order valence-electron chi connectivity index (χ1n) is 8.23. The van der Waals surface area contributed by atoms with Crippen LogP contribution in [0.2, 0.25) is 0 Å². The number of hydrogen-bond donors (Lipinski definition) is 0. The Labute approximate surface area is 157 Å². The number of ether oxygens (including phenoxy) is 1. The van der Waals surface area contributed by atoms with Gasteiger partial charge in [0.2, 0.25) is 5.91 Å². The van der Waals surface area contributed by atoms with Gasteiger partial charge in [0.1, 0.15) is 12.4 Å². The van der Waals surface area contributed by atoms with E-state index in [0.29, 0.717) is 13.2 Å². The molecule has 0 fully saturated rings. The van der Waals surface area contributed by atoms with Crippen LogP contribution in [0.15, 0.2) is 53.4 Å². The Morgan fingerprint density at radius 2 is 1.88 bits per heavy atom. The van der Waals surface area contributed by atoms with E-state index in [9.17, 15) is 14.9 Å². The summed E-state index contributed by atoms with van der Waals surface area (Å²) in [7, 11) is 1.75. The lowest BCUT2D eigenvalue weighted by molar-refractivity contribution is -0.384. The minimum atomic E-state index is -0.439. The van der Waals surface area contributed by atoms with E-state index in [0.717, 1.165) is 16.2 Å². The predicted octanol–water partition coefficient (Wildman–Crippen LogP) is 3.92. The van der Waals surface area contributed by atoms with Crippen molar-refractivity contribution in [1.82, 2.24) is 4.90 Å². The van der Waals surface area contributed by atoms with E-state index in [1.807, 2.05) is 38.1 Å². The van der Waals surface area contributed by atoms with Crippen LogP contribution in [-0.4, -0.2) is 41.2 Å². The van der Waals surface area contributed by atoms with Crippen molar-refractivity contribution in [3.05, 3.63) is 64.2 Å². The Kier molecular flexibility index (Phi) is 7.03. The molecular weight excluding hydrogens is 352 g/mol. The van der Waals surface area contributed by atoms with Crippen molar-refractivity contribution in [3.63, 3.8) is 0 Å². The van der Waals surface area contributed by atoms with Gasteiger partial charge < -0.3 is 9.64 Å². The van der Waals surface area contributed by atoms with Crippen molar-refractivity contribution in [1.29, 1.82) is 0 Å². The second kappa shape index (κ2) is 9.24. The summed E-state index contributed by atoms with van der Waals surface area (Å²) in [6.45, 7) is 4.71. The summed E-state index contributed by atoms with van der Waals surface area (Å²) in [4.78, 5) is 25.2. The topological polar surface area (TPSA) is 72.7 Å². The van der Waals surface area contributed by atoms with E-state index in [2.05, 4.69) is 0 Å². The number of hydrogen-bond acceptors (Lipinski definition) is 5. The summed E-state index contributed by atoms with van der Waals surface area (Å²) < 4.78 is 5.73. The molecule has 7 heteroatoms. The molecule has 2 aromatic rings. The van der Waals surface area contributed by atoms with Crippen molar-refractivity contribution in [2.24, 2.45) is 0 Å². The van der Waals surface area contributed by atoms with Crippen molar-refractivity contribution >= 4 is 23.4 Å². The van der Waals surface area contributed by atoms with Gasteiger partial charge in [0.05, 0.1) is 16.7 Å². The SMILES string of the molecule is Cc1ccccc1OCCN(C)C(=O)C(C)Sc1ccc([N+](=O)[O-])cc1. The Morgan fingerprint density at radius 1 is 1.23 bits per heavy atom. The molecule has 0 aliphatic carbocycles. The Balaban J connectivity index is 1.82. The molecule has 0 aromatic heterocycles. The number of rotatable bonds is 8. The van der Waals surface area contributed by atoms with Crippen LogP contribution in [0.25, 0.3) is 0 Å². The summed E-state index contributed by atoms with van der Waals surface area (Å²) in [5.74, 6) is 0.809. The first-order valence-corrected chi connectivity index (χ1v) is 9.11. The number of benzene rings is 2. The number of nitro benzene ring substituents is 1. The second-order valence-electron chi connectivity index (χ2n) is 5.88. The number of likely N-dealkylation sites (N-methyl/N-ethyl adjacent to an activating group) is 1. The van der Waals surface area contributed by atoms with E-state index in [4.69, 9.17) is 4.74 Å². The van der Waals surface area contributed by atoms with E-state index in [-0.39, 0.29) is 16.8 Å². The molecule has 0 spiro atoms. The summed E-state index contributed by atoms with van der Waals surface area (Å²) in [6, 6.07) is 14.0. The lowest BCUT2D eigenvalue weighted by Crippen LogP contribution is -2.36. The van der Waals surface area contributed by atoms with Crippen molar-refractivity contribution < 1.29 is 14.5 Å². The molecule has 0 bridgehead atoms. The molecule has 6 nitrogen and oxygen atoms in total. The molecule has 1 amide bonds. The third-order valence-electron chi connectivity index (χ3n) is 3.86. The highest BCUT2D eigenvalue weighted by Crippen LogP contribution is 2.26. The number of nitro groups is 1. The number of para-hydroxylation sites is 1. The highest BCUT2D eigenvalue weighted by molar-refractivity contribution is 8.00. The molecule has 0 saturated heterocycles. The van der Waals surface area contributed by atoms with Crippen LogP contribution in [0.5, 0.6) is 5.75 Å². The maximum Gasteiger partial charge on any atom is 0.269 e. The van der Waals surface area contributed by atoms with Gasteiger partial charge in [-0.2, -0.15) is 0 Å². The van der Waals surface area contributed by atoms with Crippen LogP contribution in [0.3, 0.4) is 0 Å². The molecular formula is C19H22N2O4S. The van der Waals surface area contributed by atoms with Gasteiger partial charge in [-0.05, 0) is 37.6 Å². The Bertz CT molecular complexity index is 764. The van der Waals surface area contributed by atoms with E-state index in [1.165, 1.54) is 23.9 Å². The zero-order valence-corrected chi connectivity index (χ0v) is 15.9. The second-order valence-corrected chi connectivity index (χ2v) is 7.30. The standard InChI is InChI=1S/C19H22N2O4S/c1-14-6-4-5-7-18(14)25-13-12-20(3)19(22)15(2)26-17-10-8-16(9-11-17)21(23)24/h4-11,15H,12-13H2,1-3H3. The first-order chi connectivity index (χ1) is 12.4. The van der Waals surface area contributed by atoms with Crippen molar-refractivity contribution in [3.8, 4) is 5.75 Å². The minimum absolute atomic E-state index is 0.0123. The van der Waals surface area contributed by atoms with E-state index < -0.39 is 4.92 Å². The average Bonchev–Trinajstić information content (AvgIpc) is 2.63. The summed E-state index contributed by atoms with van der Waals surface area (Å²) in [5, 5.41) is 10.4. The van der Waals surface area contributed by atoms with E-state index >= 15 is 0 Å². The smallest absolute Gasteiger partial charge is 0.269 e. The molecule has 1 atom stereocenters. The first kappa shape index (κ1) is 19.8. The number of carbonyl (C=O) groups is 1. The fourth-order valence-corrected chi connectivity index (χ4v) is 3.31. The molecule has 138 valence electrons. The fourth-order valence-electron chi connectivity index (χ4n) is 2.33. The van der Waals surface area contributed by atoms with Gasteiger partial charge in [0.15, 0.2) is 0 Å². The summed E-state index contributed by atoms with van der Waals surface area (Å²) >= 11 is 1.38. The van der Waals surface area contributed by atoms with Crippen LogP contribution < -0.4 is 4.74 Å². The monoisotopic (exact) mass is 374 g/mol. The van der Waals surface area contributed by atoms with Crippen LogP contribution in [-0.2, 0) is 4.79 Å². The zero-order chi connectivity index (χ0) is 19.1. The van der Waals surface area contributed by atoms with E-state index in [1.54, 1.807) is 24.1 Å². The number of aryl methyl sites for hydroxylation is 1. The lowest BCUT2D eigenvalue weighted by atomic mass is 10.2. The average molecular weight is 374 g/mol. The third kappa shape index (κ3) is 5.49.